The number of alkyl halides is 1. The Hall–Kier alpha value is -1.07. The Morgan fingerprint density at radius 2 is 2.45 bits per heavy atom. The molecule has 5 nitrogen and oxygen atoms in total. The molecule has 1 atom stereocenters. The van der Waals surface area contributed by atoms with Crippen LogP contribution in [0.1, 0.15) is 38.3 Å². The lowest BCUT2D eigenvalue weighted by Gasteiger charge is -2.24. The standard InChI is InChI=1S/C14H22ClN3O2/c1-11(2)18-9-12(7-16-18)8-17(14(19)6-15)10-13-4-3-5-20-13/h7,9,11,13H,3-6,8,10H2,1-2H3/t13-/m0/s1. The van der Waals surface area contributed by atoms with E-state index in [0.717, 1.165) is 25.0 Å². The summed E-state index contributed by atoms with van der Waals surface area (Å²) in [5, 5.41) is 4.30. The van der Waals surface area contributed by atoms with Gasteiger partial charge in [-0.15, -0.1) is 11.6 Å². The molecule has 0 bridgehead atoms. The van der Waals surface area contributed by atoms with Crippen molar-refractivity contribution in [2.75, 3.05) is 19.0 Å². The van der Waals surface area contributed by atoms with Crippen molar-refractivity contribution in [3.05, 3.63) is 18.0 Å². The van der Waals surface area contributed by atoms with Crippen molar-refractivity contribution >= 4 is 17.5 Å². The van der Waals surface area contributed by atoms with E-state index in [1.54, 1.807) is 4.90 Å². The van der Waals surface area contributed by atoms with E-state index in [9.17, 15) is 4.79 Å². The molecule has 0 aromatic carbocycles. The summed E-state index contributed by atoms with van der Waals surface area (Å²) in [5.74, 6) is -0.0511. The fourth-order valence-electron chi connectivity index (χ4n) is 2.34. The summed E-state index contributed by atoms with van der Waals surface area (Å²) < 4.78 is 7.50. The highest BCUT2D eigenvalue weighted by molar-refractivity contribution is 6.27. The molecule has 112 valence electrons. The maximum Gasteiger partial charge on any atom is 0.237 e. The van der Waals surface area contributed by atoms with E-state index < -0.39 is 0 Å². The molecule has 2 rings (SSSR count). The first-order valence-electron chi connectivity index (χ1n) is 7.08. The van der Waals surface area contributed by atoms with Gasteiger partial charge < -0.3 is 9.64 Å². The molecule has 1 amide bonds. The molecule has 2 heterocycles. The fraction of sp³-hybridized carbons (Fsp3) is 0.714. The van der Waals surface area contributed by atoms with E-state index in [0.29, 0.717) is 19.1 Å². The lowest BCUT2D eigenvalue weighted by Crippen LogP contribution is -2.37. The summed E-state index contributed by atoms with van der Waals surface area (Å²) in [6.07, 6.45) is 6.01. The third-order valence-corrected chi connectivity index (χ3v) is 3.70. The summed E-state index contributed by atoms with van der Waals surface area (Å²) >= 11 is 5.70. The number of amides is 1. The molecule has 0 aliphatic carbocycles. The Morgan fingerprint density at radius 1 is 1.65 bits per heavy atom. The maximum absolute atomic E-state index is 12.0. The van der Waals surface area contributed by atoms with Crippen molar-refractivity contribution in [1.82, 2.24) is 14.7 Å². The van der Waals surface area contributed by atoms with Crippen LogP contribution in [0.25, 0.3) is 0 Å². The third-order valence-electron chi connectivity index (χ3n) is 3.47. The van der Waals surface area contributed by atoms with Crippen molar-refractivity contribution in [3.63, 3.8) is 0 Å². The second-order valence-electron chi connectivity index (χ2n) is 5.47. The Kier molecular flexibility index (Phi) is 5.43. The van der Waals surface area contributed by atoms with Crippen LogP contribution in [0.2, 0.25) is 0 Å². The largest absolute Gasteiger partial charge is 0.376 e. The fourth-order valence-corrected chi connectivity index (χ4v) is 2.50. The first-order chi connectivity index (χ1) is 9.60. The lowest BCUT2D eigenvalue weighted by atomic mass is 10.2. The number of nitrogens with zero attached hydrogens (tertiary/aromatic N) is 3. The first-order valence-corrected chi connectivity index (χ1v) is 7.62. The summed E-state index contributed by atoms with van der Waals surface area (Å²) in [6, 6.07) is 0.319. The van der Waals surface area contributed by atoms with Gasteiger partial charge in [0.05, 0.1) is 12.3 Å². The molecule has 0 radical (unpaired) electrons. The molecule has 20 heavy (non-hydrogen) atoms. The topological polar surface area (TPSA) is 47.4 Å². The number of ether oxygens (including phenoxy) is 1. The molecule has 1 saturated heterocycles. The number of hydrogen-bond donors (Lipinski definition) is 0. The highest BCUT2D eigenvalue weighted by Crippen LogP contribution is 2.16. The van der Waals surface area contributed by atoms with Crippen LogP contribution in [0, 0.1) is 0 Å². The van der Waals surface area contributed by atoms with Gasteiger partial charge in [0, 0.05) is 37.5 Å². The SMILES string of the molecule is CC(C)n1cc(CN(C[C@@H]2CCCO2)C(=O)CCl)cn1. The van der Waals surface area contributed by atoms with Crippen LogP contribution >= 0.6 is 11.6 Å². The van der Waals surface area contributed by atoms with E-state index in [2.05, 4.69) is 18.9 Å². The Bertz CT molecular complexity index is 441. The smallest absolute Gasteiger partial charge is 0.237 e. The second kappa shape index (κ2) is 7.09. The normalized spacial score (nSPS) is 18.7. The summed E-state index contributed by atoms with van der Waals surface area (Å²) in [7, 11) is 0. The molecule has 1 fully saturated rings. The van der Waals surface area contributed by atoms with Crippen LogP contribution in [0.15, 0.2) is 12.4 Å². The van der Waals surface area contributed by atoms with Crippen molar-refractivity contribution in [2.45, 2.75) is 45.4 Å². The lowest BCUT2D eigenvalue weighted by molar-refractivity contribution is -0.130. The van der Waals surface area contributed by atoms with Gasteiger partial charge in [-0.05, 0) is 26.7 Å². The van der Waals surface area contributed by atoms with Gasteiger partial charge in [0.25, 0.3) is 0 Å². The molecule has 0 N–H and O–H groups in total. The Balaban J connectivity index is 2.00. The molecule has 1 aliphatic heterocycles. The molecule has 0 spiro atoms. The van der Waals surface area contributed by atoms with Crippen LogP contribution in [0.5, 0.6) is 0 Å². The Labute approximate surface area is 124 Å². The summed E-state index contributed by atoms with van der Waals surface area (Å²) in [5.41, 5.74) is 1.02. The van der Waals surface area contributed by atoms with E-state index in [1.807, 2.05) is 17.1 Å². The molecule has 1 aliphatic rings. The second-order valence-corrected chi connectivity index (χ2v) is 5.73. The number of hydrogen-bond acceptors (Lipinski definition) is 3. The van der Waals surface area contributed by atoms with Gasteiger partial charge in [0.15, 0.2) is 0 Å². The summed E-state index contributed by atoms with van der Waals surface area (Å²) in [6.45, 7) is 6.09. The number of rotatable bonds is 6. The molecular formula is C14H22ClN3O2. The monoisotopic (exact) mass is 299 g/mol. The molecular weight excluding hydrogens is 278 g/mol. The number of carbonyl (C=O) groups excluding carboxylic acids is 1. The van der Waals surface area contributed by atoms with Crippen molar-refractivity contribution in [3.8, 4) is 0 Å². The van der Waals surface area contributed by atoms with Crippen LogP contribution in [-0.2, 0) is 16.1 Å². The van der Waals surface area contributed by atoms with E-state index in [4.69, 9.17) is 16.3 Å². The number of halogens is 1. The van der Waals surface area contributed by atoms with Crippen LogP contribution in [0.3, 0.4) is 0 Å². The molecule has 6 heteroatoms. The van der Waals surface area contributed by atoms with Gasteiger partial charge in [0.2, 0.25) is 5.91 Å². The molecule has 1 aromatic heterocycles. The minimum Gasteiger partial charge on any atom is -0.376 e. The molecule has 1 aromatic rings. The minimum atomic E-state index is -0.0561. The van der Waals surface area contributed by atoms with Crippen LogP contribution in [0.4, 0.5) is 0 Å². The van der Waals surface area contributed by atoms with Gasteiger partial charge in [-0.3, -0.25) is 9.48 Å². The van der Waals surface area contributed by atoms with Crippen molar-refractivity contribution < 1.29 is 9.53 Å². The van der Waals surface area contributed by atoms with Gasteiger partial charge in [-0.2, -0.15) is 5.10 Å². The van der Waals surface area contributed by atoms with Gasteiger partial charge in [-0.1, -0.05) is 0 Å². The quantitative estimate of drug-likeness (QED) is 0.757. The minimum absolute atomic E-state index is 0.00500. The zero-order chi connectivity index (χ0) is 14.5. The predicted octanol–water partition coefficient (Wildman–Crippen LogP) is 2.21. The van der Waals surface area contributed by atoms with Crippen LogP contribution < -0.4 is 0 Å². The van der Waals surface area contributed by atoms with Crippen LogP contribution in [-0.4, -0.2) is 45.7 Å². The first kappa shape index (κ1) is 15.3. The van der Waals surface area contributed by atoms with Crippen molar-refractivity contribution in [1.29, 1.82) is 0 Å². The number of aromatic nitrogens is 2. The predicted molar refractivity (Wildman–Crippen MR) is 77.7 cm³/mol. The van der Waals surface area contributed by atoms with Gasteiger partial charge in [-0.25, -0.2) is 0 Å². The van der Waals surface area contributed by atoms with Gasteiger partial charge in [0.1, 0.15) is 5.88 Å². The zero-order valence-corrected chi connectivity index (χ0v) is 12.8. The molecule has 0 unspecified atom stereocenters. The van der Waals surface area contributed by atoms with E-state index in [1.165, 1.54) is 0 Å². The Morgan fingerprint density at radius 3 is 3.00 bits per heavy atom. The average Bonchev–Trinajstić information content (AvgIpc) is 3.08. The maximum atomic E-state index is 12.0. The summed E-state index contributed by atoms with van der Waals surface area (Å²) in [4.78, 5) is 13.7. The highest BCUT2D eigenvalue weighted by atomic mass is 35.5. The number of carbonyl (C=O) groups is 1. The highest BCUT2D eigenvalue weighted by Gasteiger charge is 2.22. The average molecular weight is 300 g/mol. The van der Waals surface area contributed by atoms with Crippen molar-refractivity contribution in [2.24, 2.45) is 0 Å². The zero-order valence-electron chi connectivity index (χ0n) is 12.1. The van der Waals surface area contributed by atoms with Gasteiger partial charge >= 0.3 is 0 Å². The third kappa shape index (κ3) is 3.96. The molecule has 0 saturated carbocycles. The van der Waals surface area contributed by atoms with E-state index in [-0.39, 0.29) is 17.9 Å². The van der Waals surface area contributed by atoms with E-state index >= 15 is 0 Å².